The first-order valence-corrected chi connectivity index (χ1v) is 8.99. The van der Waals surface area contributed by atoms with E-state index in [0.29, 0.717) is 42.8 Å². The molecule has 0 aliphatic heterocycles. The van der Waals surface area contributed by atoms with Gasteiger partial charge in [-0.3, -0.25) is 0 Å². The fourth-order valence-corrected chi connectivity index (χ4v) is 2.71. The lowest BCUT2D eigenvalue weighted by Gasteiger charge is -2.14. The number of nitrogens with one attached hydrogen (secondary N) is 2. The number of alkyl halides is 3. The smallest absolute Gasteiger partial charge is 0.416 e. The van der Waals surface area contributed by atoms with Gasteiger partial charge in [0.2, 0.25) is 0 Å². The molecule has 2 aromatic rings. The zero-order chi connectivity index (χ0) is 21.4. The van der Waals surface area contributed by atoms with Crippen molar-refractivity contribution in [2.24, 2.45) is 4.99 Å². The van der Waals surface area contributed by atoms with Gasteiger partial charge in [-0.1, -0.05) is 18.2 Å². The summed E-state index contributed by atoms with van der Waals surface area (Å²) in [5.41, 5.74) is -0.509. The number of halogens is 4. The SMILES string of the molecule is CCNC(=NCc1ccc(F)cc1C(F)(F)F)NCCc1cccc(OC)c1O. The van der Waals surface area contributed by atoms with Crippen LogP contribution in [-0.2, 0) is 19.1 Å². The van der Waals surface area contributed by atoms with E-state index in [-0.39, 0.29) is 17.9 Å². The first-order chi connectivity index (χ1) is 13.8. The molecular weight excluding hydrogens is 390 g/mol. The summed E-state index contributed by atoms with van der Waals surface area (Å²) in [7, 11) is 1.46. The van der Waals surface area contributed by atoms with E-state index in [9.17, 15) is 22.7 Å². The molecule has 158 valence electrons. The van der Waals surface area contributed by atoms with E-state index in [4.69, 9.17) is 4.74 Å². The van der Waals surface area contributed by atoms with Crippen molar-refractivity contribution in [3.05, 3.63) is 58.9 Å². The van der Waals surface area contributed by atoms with Gasteiger partial charge in [-0.05, 0) is 42.7 Å². The summed E-state index contributed by atoms with van der Waals surface area (Å²) >= 11 is 0. The van der Waals surface area contributed by atoms with Gasteiger partial charge in [0.1, 0.15) is 5.82 Å². The summed E-state index contributed by atoms with van der Waals surface area (Å²) in [5, 5.41) is 16.1. The van der Waals surface area contributed by atoms with Crippen molar-refractivity contribution in [1.82, 2.24) is 10.6 Å². The van der Waals surface area contributed by atoms with E-state index >= 15 is 0 Å². The lowest BCUT2D eigenvalue weighted by atomic mass is 10.1. The first-order valence-electron chi connectivity index (χ1n) is 8.99. The molecule has 0 aromatic heterocycles. The highest BCUT2D eigenvalue weighted by atomic mass is 19.4. The molecule has 2 aromatic carbocycles. The number of methoxy groups -OCH3 is 1. The van der Waals surface area contributed by atoms with E-state index in [1.54, 1.807) is 18.2 Å². The number of phenols is 1. The van der Waals surface area contributed by atoms with E-state index in [2.05, 4.69) is 15.6 Å². The lowest BCUT2D eigenvalue weighted by Crippen LogP contribution is -2.38. The number of nitrogens with zero attached hydrogens (tertiary/aromatic N) is 1. The summed E-state index contributed by atoms with van der Waals surface area (Å²) in [5.74, 6) is -0.237. The van der Waals surface area contributed by atoms with E-state index < -0.39 is 17.6 Å². The third-order valence-electron chi connectivity index (χ3n) is 4.12. The maximum absolute atomic E-state index is 13.2. The number of aromatic hydroxyl groups is 1. The minimum atomic E-state index is -4.66. The average Bonchev–Trinajstić information content (AvgIpc) is 2.67. The molecule has 0 unspecified atom stereocenters. The number of hydrogen-bond donors (Lipinski definition) is 3. The van der Waals surface area contributed by atoms with Crippen molar-refractivity contribution in [2.75, 3.05) is 20.2 Å². The molecule has 5 nitrogen and oxygen atoms in total. The molecule has 3 N–H and O–H groups in total. The van der Waals surface area contributed by atoms with Crippen LogP contribution in [0.2, 0.25) is 0 Å². The Labute approximate surface area is 166 Å². The maximum Gasteiger partial charge on any atom is 0.416 e. The van der Waals surface area contributed by atoms with E-state index in [1.807, 2.05) is 6.92 Å². The van der Waals surface area contributed by atoms with Crippen molar-refractivity contribution in [2.45, 2.75) is 26.1 Å². The van der Waals surface area contributed by atoms with Crippen LogP contribution in [-0.4, -0.2) is 31.3 Å². The molecule has 0 radical (unpaired) electrons. The molecule has 0 saturated heterocycles. The molecule has 9 heteroatoms. The van der Waals surface area contributed by atoms with Gasteiger partial charge < -0.3 is 20.5 Å². The average molecular weight is 413 g/mol. The number of guanidine groups is 1. The fourth-order valence-electron chi connectivity index (χ4n) is 2.71. The number of benzene rings is 2. The number of phenolic OH excluding ortho intramolecular Hbond substituents is 1. The highest BCUT2D eigenvalue weighted by Crippen LogP contribution is 2.33. The molecule has 2 rings (SSSR count). The monoisotopic (exact) mass is 413 g/mol. The number of rotatable bonds is 7. The number of hydrogen-bond acceptors (Lipinski definition) is 3. The molecule has 0 heterocycles. The highest BCUT2D eigenvalue weighted by molar-refractivity contribution is 5.79. The highest BCUT2D eigenvalue weighted by Gasteiger charge is 2.33. The van der Waals surface area contributed by atoms with Gasteiger partial charge in [-0.2, -0.15) is 13.2 Å². The largest absolute Gasteiger partial charge is 0.504 e. The Morgan fingerprint density at radius 3 is 2.55 bits per heavy atom. The Balaban J connectivity index is 2.08. The zero-order valence-electron chi connectivity index (χ0n) is 16.1. The number of ether oxygens (including phenoxy) is 1. The quantitative estimate of drug-likeness (QED) is 0.367. The van der Waals surface area contributed by atoms with Crippen molar-refractivity contribution in [1.29, 1.82) is 0 Å². The molecule has 0 fully saturated rings. The van der Waals surface area contributed by atoms with Crippen LogP contribution in [0, 0.1) is 5.82 Å². The number of aliphatic imine (C=N–C) groups is 1. The van der Waals surface area contributed by atoms with Gasteiger partial charge in [0.15, 0.2) is 17.5 Å². The molecule has 0 aliphatic carbocycles. The van der Waals surface area contributed by atoms with Crippen molar-refractivity contribution >= 4 is 5.96 Å². The predicted molar refractivity (Wildman–Crippen MR) is 103 cm³/mol. The zero-order valence-corrected chi connectivity index (χ0v) is 16.1. The molecular formula is C20H23F4N3O2. The lowest BCUT2D eigenvalue weighted by molar-refractivity contribution is -0.138. The molecule has 0 spiro atoms. The standard InChI is InChI=1S/C20H23F4N3O2/c1-3-25-19(26-10-9-13-5-4-6-17(29-2)18(13)28)27-12-14-7-8-15(21)11-16(14)20(22,23)24/h4-8,11,28H,3,9-10,12H2,1-2H3,(H2,25,26,27). The molecule has 0 amide bonds. The Morgan fingerprint density at radius 1 is 1.14 bits per heavy atom. The summed E-state index contributed by atoms with van der Waals surface area (Å²) in [4.78, 5) is 4.16. The van der Waals surface area contributed by atoms with Crippen LogP contribution in [0.1, 0.15) is 23.6 Å². The van der Waals surface area contributed by atoms with E-state index in [0.717, 1.165) is 12.1 Å². The summed E-state index contributed by atoms with van der Waals surface area (Å²) in [6.07, 6.45) is -4.22. The normalized spacial score (nSPS) is 12.0. The van der Waals surface area contributed by atoms with Crippen LogP contribution in [0.3, 0.4) is 0 Å². The molecule has 0 bridgehead atoms. The molecule has 0 aliphatic rings. The first kappa shape index (κ1) is 22.3. The Morgan fingerprint density at radius 2 is 1.90 bits per heavy atom. The minimum absolute atomic E-state index is 0.0415. The predicted octanol–water partition coefficient (Wildman–Crippen LogP) is 3.86. The second-order valence-corrected chi connectivity index (χ2v) is 6.14. The fraction of sp³-hybridized carbons (Fsp3) is 0.350. The van der Waals surface area contributed by atoms with Crippen molar-refractivity contribution < 1.29 is 27.4 Å². The Hall–Kier alpha value is -2.97. The van der Waals surface area contributed by atoms with Crippen LogP contribution in [0.25, 0.3) is 0 Å². The van der Waals surface area contributed by atoms with Gasteiger partial charge in [0.25, 0.3) is 0 Å². The van der Waals surface area contributed by atoms with E-state index in [1.165, 1.54) is 7.11 Å². The Bertz CT molecular complexity index is 854. The van der Waals surface area contributed by atoms with Crippen LogP contribution in [0.5, 0.6) is 11.5 Å². The summed E-state index contributed by atoms with van der Waals surface area (Å²) < 4.78 is 57.6. The Kier molecular flexibility index (Phi) is 7.69. The van der Waals surface area contributed by atoms with Gasteiger partial charge in [-0.25, -0.2) is 9.38 Å². The number of para-hydroxylation sites is 1. The molecule has 0 saturated carbocycles. The maximum atomic E-state index is 13.2. The van der Waals surface area contributed by atoms with Gasteiger partial charge in [0.05, 0.1) is 19.2 Å². The topological polar surface area (TPSA) is 65.9 Å². The summed E-state index contributed by atoms with van der Waals surface area (Å²) in [6.45, 7) is 2.44. The van der Waals surface area contributed by atoms with Crippen molar-refractivity contribution in [3.8, 4) is 11.5 Å². The van der Waals surface area contributed by atoms with Crippen LogP contribution in [0.4, 0.5) is 17.6 Å². The van der Waals surface area contributed by atoms with Gasteiger partial charge >= 0.3 is 6.18 Å². The van der Waals surface area contributed by atoms with Crippen LogP contribution < -0.4 is 15.4 Å². The summed E-state index contributed by atoms with van der Waals surface area (Å²) in [6, 6.07) is 7.67. The molecule has 29 heavy (non-hydrogen) atoms. The molecule has 0 atom stereocenters. The second-order valence-electron chi connectivity index (χ2n) is 6.14. The third-order valence-corrected chi connectivity index (χ3v) is 4.12. The third kappa shape index (κ3) is 6.27. The van der Waals surface area contributed by atoms with Crippen molar-refractivity contribution in [3.63, 3.8) is 0 Å². The van der Waals surface area contributed by atoms with Gasteiger partial charge in [0, 0.05) is 13.1 Å². The van der Waals surface area contributed by atoms with Crippen LogP contribution in [0.15, 0.2) is 41.4 Å². The van der Waals surface area contributed by atoms with Gasteiger partial charge in [-0.15, -0.1) is 0 Å². The van der Waals surface area contributed by atoms with Crippen LogP contribution >= 0.6 is 0 Å². The second kappa shape index (κ2) is 9.99. The minimum Gasteiger partial charge on any atom is -0.504 e.